The van der Waals surface area contributed by atoms with Crippen LogP contribution in [0.4, 0.5) is 5.82 Å². The Morgan fingerprint density at radius 2 is 2.21 bits per heavy atom. The van der Waals surface area contributed by atoms with Gasteiger partial charge in [-0.05, 0) is 34.8 Å². The van der Waals surface area contributed by atoms with Gasteiger partial charge in [-0.2, -0.15) is 0 Å². The van der Waals surface area contributed by atoms with Gasteiger partial charge in [-0.1, -0.05) is 0 Å². The highest BCUT2D eigenvalue weighted by Gasteiger charge is 2.25. The standard InChI is InChI=1S/C10H13BrN2O/c1-13(2)10-9(11)8(5-6-12-10)14-7-3-4-7/h5-7H,3-4H2,1-2H3. The highest BCUT2D eigenvalue weighted by Crippen LogP contribution is 2.35. The van der Waals surface area contributed by atoms with Crippen LogP contribution < -0.4 is 9.64 Å². The van der Waals surface area contributed by atoms with E-state index in [2.05, 4.69) is 20.9 Å². The van der Waals surface area contributed by atoms with Gasteiger partial charge in [-0.15, -0.1) is 0 Å². The quantitative estimate of drug-likeness (QED) is 0.831. The molecule has 0 spiro atoms. The van der Waals surface area contributed by atoms with Gasteiger partial charge in [0.1, 0.15) is 16.0 Å². The summed E-state index contributed by atoms with van der Waals surface area (Å²) >= 11 is 3.51. The molecule has 0 unspecified atom stereocenters. The van der Waals surface area contributed by atoms with Crippen molar-refractivity contribution in [3.63, 3.8) is 0 Å². The van der Waals surface area contributed by atoms with E-state index in [-0.39, 0.29) is 0 Å². The van der Waals surface area contributed by atoms with Crippen molar-refractivity contribution in [3.05, 3.63) is 16.7 Å². The number of anilines is 1. The summed E-state index contributed by atoms with van der Waals surface area (Å²) in [5.74, 6) is 1.80. The fourth-order valence-electron chi connectivity index (χ4n) is 1.18. The first-order valence-corrected chi connectivity index (χ1v) is 5.46. The predicted molar refractivity (Wildman–Crippen MR) is 59.9 cm³/mol. The van der Waals surface area contributed by atoms with Gasteiger partial charge in [0.15, 0.2) is 0 Å². The van der Waals surface area contributed by atoms with Gasteiger partial charge in [0.05, 0.1) is 6.10 Å². The van der Waals surface area contributed by atoms with Crippen molar-refractivity contribution in [2.45, 2.75) is 18.9 Å². The second kappa shape index (κ2) is 3.77. The van der Waals surface area contributed by atoms with Crippen LogP contribution >= 0.6 is 15.9 Å². The molecule has 0 radical (unpaired) electrons. The zero-order chi connectivity index (χ0) is 10.1. The van der Waals surface area contributed by atoms with Crippen LogP contribution in [-0.4, -0.2) is 25.2 Å². The third-order valence-electron chi connectivity index (χ3n) is 2.08. The SMILES string of the molecule is CN(C)c1nccc(OC2CC2)c1Br. The molecule has 76 valence electrons. The van der Waals surface area contributed by atoms with E-state index in [9.17, 15) is 0 Å². The minimum atomic E-state index is 0.420. The molecule has 1 fully saturated rings. The zero-order valence-electron chi connectivity index (χ0n) is 8.33. The Labute approximate surface area is 92.2 Å². The molecule has 0 saturated heterocycles. The third-order valence-corrected chi connectivity index (χ3v) is 2.82. The second-order valence-electron chi connectivity index (χ2n) is 3.66. The van der Waals surface area contributed by atoms with Gasteiger partial charge in [-0.25, -0.2) is 4.98 Å². The van der Waals surface area contributed by atoms with Crippen LogP contribution in [0.2, 0.25) is 0 Å². The molecule has 0 aromatic carbocycles. The van der Waals surface area contributed by atoms with Gasteiger partial charge < -0.3 is 9.64 Å². The predicted octanol–water partition coefficient (Wildman–Crippen LogP) is 2.45. The van der Waals surface area contributed by atoms with Crippen molar-refractivity contribution in [3.8, 4) is 5.75 Å². The van der Waals surface area contributed by atoms with Gasteiger partial charge >= 0.3 is 0 Å². The topological polar surface area (TPSA) is 25.4 Å². The molecule has 2 rings (SSSR count). The molecule has 1 aromatic rings. The Balaban J connectivity index is 2.25. The molecule has 14 heavy (non-hydrogen) atoms. The monoisotopic (exact) mass is 256 g/mol. The molecule has 0 N–H and O–H groups in total. The van der Waals surface area contributed by atoms with Crippen LogP contribution in [0.3, 0.4) is 0 Å². The Bertz CT molecular complexity index is 337. The molecule has 0 atom stereocenters. The number of hydrogen-bond acceptors (Lipinski definition) is 3. The smallest absolute Gasteiger partial charge is 0.146 e. The zero-order valence-corrected chi connectivity index (χ0v) is 9.91. The molecule has 1 saturated carbocycles. The van der Waals surface area contributed by atoms with Crippen LogP contribution in [0.25, 0.3) is 0 Å². The van der Waals surface area contributed by atoms with Crippen molar-refractivity contribution >= 4 is 21.7 Å². The van der Waals surface area contributed by atoms with Crippen molar-refractivity contribution < 1.29 is 4.74 Å². The highest BCUT2D eigenvalue weighted by atomic mass is 79.9. The van der Waals surface area contributed by atoms with Gasteiger partial charge in [0, 0.05) is 20.3 Å². The minimum absolute atomic E-state index is 0.420. The Morgan fingerprint density at radius 1 is 1.50 bits per heavy atom. The Hall–Kier alpha value is -0.770. The van der Waals surface area contributed by atoms with E-state index in [4.69, 9.17) is 4.74 Å². The van der Waals surface area contributed by atoms with Gasteiger partial charge in [0.25, 0.3) is 0 Å². The summed E-state index contributed by atoms with van der Waals surface area (Å²) < 4.78 is 6.67. The van der Waals surface area contributed by atoms with Crippen molar-refractivity contribution in [2.24, 2.45) is 0 Å². The van der Waals surface area contributed by atoms with E-state index in [1.165, 1.54) is 12.8 Å². The summed E-state index contributed by atoms with van der Waals surface area (Å²) in [4.78, 5) is 6.23. The van der Waals surface area contributed by atoms with E-state index >= 15 is 0 Å². The molecule has 1 aliphatic carbocycles. The number of pyridine rings is 1. The molecule has 4 heteroatoms. The first-order chi connectivity index (χ1) is 6.68. The molecule has 0 aliphatic heterocycles. The number of aromatic nitrogens is 1. The largest absolute Gasteiger partial charge is 0.489 e. The molecular weight excluding hydrogens is 244 g/mol. The normalized spacial score (nSPS) is 15.4. The van der Waals surface area contributed by atoms with Gasteiger partial charge in [-0.3, -0.25) is 0 Å². The third kappa shape index (κ3) is 2.00. The summed E-state index contributed by atoms with van der Waals surface area (Å²) in [7, 11) is 3.93. The highest BCUT2D eigenvalue weighted by molar-refractivity contribution is 9.10. The van der Waals surface area contributed by atoms with Crippen LogP contribution in [0.15, 0.2) is 16.7 Å². The molecule has 3 nitrogen and oxygen atoms in total. The lowest BCUT2D eigenvalue weighted by molar-refractivity contribution is 0.301. The molecular formula is C10H13BrN2O. The van der Waals surface area contributed by atoms with Crippen LogP contribution in [0.1, 0.15) is 12.8 Å². The second-order valence-corrected chi connectivity index (χ2v) is 4.45. The first-order valence-electron chi connectivity index (χ1n) is 4.67. The van der Waals surface area contributed by atoms with Crippen LogP contribution in [0.5, 0.6) is 5.75 Å². The number of rotatable bonds is 3. The van der Waals surface area contributed by atoms with Crippen molar-refractivity contribution in [1.82, 2.24) is 4.98 Å². The summed E-state index contributed by atoms with van der Waals surface area (Å²) in [6, 6.07) is 1.90. The lowest BCUT2D eigenvalue weighted by Gasteiger charge is -2.15. The number of nitrogens with zero attached hydrogens (tertiary/aromatic N) is 2. The van der Waals surface area contributed by atoms with E-state index in [1.807, 2.05) is 25.1 Å². The molecule has 0 bridgehead atoms. The molecule has 1 heterocycles. The average Bonchev–Trinajstić information content (AvgIpc) is 2.92. The van der Waals surface area contributed by atoms with E-state index in [1.54, 1.807) is 6.20 Å². The van der Waals surface area contributed by atoms with Crippen molar-refractivity contribution in [1.29, 1.82) is 0 Å². The van der Waals surface area contributed by atoms with Gasteiger partial charge in [0.2, 0.25) is 0 Å². The lowest BCUT2D eigenvalue weighted by atomic mass is 10.4. The molecule has 0 amide bonds. The number of halogens is 1. The maximum atomic E-state index is 5.73. The van der Waals surface area contributed by atoms with E-state index in [0.29, 0.717) is 6.10 Å². The average molecular weight is 257 g/mol. The maximum Gasteiger partial charge on any atom is 0.146 e. The van der Waals surface area contributed by atoms with E-state index < -0.39 is 0 Å². The fourth-order valence-corrected chi connectivity index (χ4v) is 1.87. The summed E-state index contributed by atoms with van der Waals surface area (Å²) in [5, 5.41) is 0. The van der Waals surface area contributed by atoms with Crippen LogP contribution in [-0.2, 0) is 0 Å². The maximum absolute atomic E-state index is 5.73. The molecule has 1 aromatic heterocycles. The Kier molecular flexibility index (Phi) is 2.63. The summed E-state index contributed by atoms with van der Waals surface area (Å²) in [6.45, 7) is 0. The Morgan fingerprint density at radius 3 is 2.79 bits per heavy atom. The van der Waals surface area contributed by atoms with E-state index in [0.717, 1.165) is 16.0 Å². The fraction of sp³-hybridized carbons (Fsp3) is 0.500. The first kappa shape index (κ1) is 9.77. The van der Waals surface area contributed by atoms with Crippen LogP contribution in [0, 0.1) is 0 Å². The number of hydrogen-bond donors (Lipinski definition) is 0. The summed E-state index contributed by atoms with van der Waals surface area (Å²) in [5.41, 5.74) is 0. The minimum Gasteiger partial charge on any atom is -0.489 e. The molecule has 1 aliphatic rings. The lowest BCUT2D eigenvalue weighted by Crippen LogP contribution is -2.12. The van der Waals surface area contributed by atoms with Crippen molar-refractivity contribution in [2.75, 3.05) is 19.0 Å². The summed E-state index contributed by atoms with van der Waals surface area (Å²) in [6.07, 6.45) is 4.54. The number of ether oxygens (including phenoxy) is 1.